The molecule has 0 aliphatic carbocycles. The largest absolute Gasteiger partial charge is 0.451 e. The van der Waals surface area contributed by atoms with Crippen molar-refractivity contribution < 1.29 is 14.3 Å². The van der Waals surface area contributed by atoms with Gasteiger partial charge in [0, 0.05) is 11.9 Å². The molecule has 0 radical (unpaired) electrons. The number of hydrogen-bond donors (Lipinski definition) is 1. The first-order valence-corrected chi connectivity index (χ1v) is 9.70. The Bertz CT molecular complexity index is 944. The van der Waals surface area contributed by atoms with E-state index in [9.17, 15) is 9.59 Å². The fourth-order valence-electron chi connectivity index (χ4n) is 2.65. The minimum Gasteiger partial charge on any atom is -0.451 e. The van der Waals surface area contributed by atoms with Crippen molar-refractivity contribution in [1.82, 2.24) is 15.1 Å². The maximum Gasteiger partial charge on any atom is 0.348 e. The third kappa shape index (κ3) is 4.74. The summed E-state index contributed by atoms with van der Waals surface area (Å²) in [6.07, 6.45) is 0. The average Bonchev–Trinajstić information content (AvgIpc) is 3.20. The van der Waals surface area contributed by atoms with E-state index in [1.807, 2.05) is 55.8 Å². The molecule has 7 heteroatoms. The fourth-order valence-corrected chi connectivity index (χ4v) is 3.70. The number of nitrogens with one attached hydrogen (secondary N) is 1. The lowest BCUT2D eigenvalue weighted by Crippen LogP contribution is -2.31. The number of aromatic nitrogens is 2. The Morgan fingerprint density at radius 2 is 2.00 bits per heavy atom. The molecule has 1 amide bonds. The Kier molecular flexibility index (Phi) is 5.91. The van der Waals surface area contributed by atoms with Crippen LogP contribution in [0.1, 0.15) is 34.8 Å². The topological polar surface area (TPSA) is 73.2 Å². The molecule has 6 nitrogen and oxygen atoms in total. The highest BCUT2D eigenvalue weighted by atomic mass is 32.1. The molecule has 0 aliphatic heterocycles. The Balaban J connectivity index is 1.70. The van der Waals surface area contributed by atoms with Crippen LogP contribution in [0.2, 0.25) is 0 Å². The molecule has 1 N–H and O–H groups in total. The second-order valence-corrected chi connectivity index (χ2v) is 7.86. The minimum absolute atomic E-state index is 0.269. The molecule has 2 heterocycles. The van der Waals surface area contributed by atoms with Gasteiger partial charge in [0.2, 0.25) is 0 Å². The lowest BCUT2D eigenvalue weighted by atomic mass is 10.2. The molecule has 0 aliphatic rings. The van der Waals surface area contributed by atoms with E-state index in [0.717, 1.165) is 21.5 Å². The lowest BCUT2D eigenvalue weighted by Gasteiger charge is -2.07. The number of thiophene rings is 1. The highest BCUT2D eigenvalue weighted by Gasteiger charge is 2.18. The summed E-state index contributed by atoms with van der Waals surface area (Å²) in [7, 11) is 0. The van der Waals surface area contributed by atoms with Gasteiger partial charge in [-0.05, 0) is 24.5 Å². The van der Waals surface area contributed by atoms with Gasteiger partial charge in [-0.1, -0.05) is 44.2 Å². The lowest BCUT2D eigenvalue weighted by molar-refractivity contribution is -0.124. The van der Waals surface area contributed by atoms with E-state index in [1.165, 1.54) is 11.3 Å². The van der Waals surface area contributed by atoms with E-state index >= 15 is 0 Å². The molecule has 0 saturated carbocycles. The van der Waals surface area contributed by atoms with Crippen molar-refractivity contribution in [3.63, 3.8) is 0 Å². The summed E-state index contributed by atoms with van der Waals surface area (Å²) in [6, 6.07) is 11.8. The van der Waals surface area contributed by atoms with Gasteiger partial charge in [-0.2, -0.15) is 5.10 Å². The number of ether oxygens (including phenoxy) is 1. The van der Waals surface area contributed by atoms with Gasteiger partial charge >= 0.3 is 5.97 Å². The van der Waals surface area contributed by atoms with Crippen LogP contribution in [0.5, 0.6) is 0 Å². The molecule has 142 valence electrons. The molecular formula is C20H23N3O3S. The van der Waals surface area contributed by atoms with Crippen LogP contribution in [-0.4, -0.2) is 34.8 Å². The molecule has 0 saturated heterocycles. The molecule has 2 aromatic heterocycles. The molecule has 1 aromatic carbocycles. The van der Waals surface area contributed by atoms with E-state index < -0.39 is 5.97 Å². The number of esters is 1. The zero-order valence-electron chi connectivity index (χ0n) is 15.7. The number of benzene rings is 1. The third-order valence-corrected chi connectivity index (χ3v) is 5.15. The fraction of sp³-hybridized carbons (Fsp3) is 0.350. The Hall–Kier alpha value is -2.67. The number of hydrogen-bond acceptors (Lipinski definition) is 5. The van der Waals surface area contributed by atoms with E-state index in [2.05, 4.69) is 10.4 Å². The van der Waals surface area contributed by atoms with Gasteiger partial charge in [-0.15, -0.1) is 11.3 Å². The summed E-state index contributed by atoms with van der Waals surface area (Å²) in [5, 5.41) is 8.24. The van der Waals surface area contributed by atoms with Crippen LogP contribution in [-0.2, 0) is 16.1 Å². The summed E-state index contributed by atoms with van der Waals surface area (Å²) in [6.45, 7) is 6.86. The Morgan fingerprint density at radius 3 is 2.70 bits per heavy atom. The second-order valence-electron chi connectivity index (χ2n) is 6.83. The maximum atomic E-state index is 12.3. The van der Waals surface area contributed by atoms with E-state index in [0.29, 0.717) is 23.9 Å². The molecule has 0 bridgehead atoms. The van der Waals surface area contributed by atoms with Gasteiger partial charge in [0.05, 0.1) is 12.2 Å². The van der Waals surface area contributed by atoms with E-state index in [1.54, 1.807) is 6.07 Å². The Morgan fingerprint density at radius 1 is 1.26 bits per heavy atom. The van der Waals surface area contributed by atoms with Crippen LogP contribution in [0.4, 0.5) is 0 Å². The first kappa shape index (κ1) is 19.1. The normalized spacial score (nSPS) is 11.1. The average molecular weight is 385 g/mol. The SMILES string of the molecule is Cc1nn(Cc2ccccc2)c2sc(C(=O)OCC(=O)NCC(C)C)cc12. The van der Waals surface area contributed by atoms with Gasteiger partial charge in [0.25, 0.3) is 5.91 Å². The highest BCUT2D eigenvalue weighted by molar-refractivity contribution is 7.20. The van der Waals surface area contributed by atoms with Crippen LogP contribution >= 0.6 is 11.3 Å². The molecule has 27 heavy (non-hydrogen) atoms. The maximum absolute atomic E-state index is 12.3. The van der Waals surface area contributed by atoms with Crippen LogP contribution in [0.25, 0.3) is 10.2 Å². The van der Waals surface area contributed by atoms with Crippen molar-refractivity contribution in [3.05, 3.63) is 52.5 Å². The smallest absolute Gasteiger partial charge is 0.348 e. The van der Waals surface area contributed by atoms with Gasteiger partial charge in [-0.3, -0.25) is 9.48 Å². The molecule has 0 fully saturated rings. The number of aryl methyl sites for hydroxylation is 1. The Labute approximate surface area is 162 Å². The summed E-state index contributed by atoms with van der Waals surface area (Å²) in [4.78, 5) is 25.4. The number of nitrogens with zero attached hydrogens (tertiary/aromatic N) is 2. The molecule has 0 atom stereocenters. The molecule has 0 spiro atoms. The quantitative estimate of drug-likeness (QED) is 0.633. The van der Waals surface area contributed by atoms with Gasteiger partial charge in [-0.25, -0.2) is 4.79 Å². The van der Waals surface area contributed by atoms with Crippen molar-refractivity contribution in [1.29, 1.82) is 0 Å². The molecule has 3 rings (SSSR count). The van der Waals surface area contributed by atoms with Crippen molar-refractivity contribution in [2.45, 2.75) is 27.3 Å². The summed E-state index contributed by atoms with van der Waals surface area (Å²) in [5.74, 6) is -0.422. The predicted molar refractivity (Wildman–Crippen MR) is 106 cm³/mol. The number of rotatable bonds is 7. The van der Waals surface area contributed by atoms with E-state index in [4.69, 9.17) is 4.74 Å². The number of amides is 1. The van der Waals surface area contributed by atoms with Crippen molar-refractivity contribution in [2.75, 3.05) is 13.2 Å². The summed E-state index contributed by atoms with van der Waals surface area (Å²) in [5.41, 5.74) is 2.01. The van der Waals surface area contributed by atoms with Crippen molar-refractivity contribution >= 4 is 33.4 Å². The molecule has 0 unspecified atom stereocenters. The van der Waals surface area contributed by atoms with Crippen LogP contribution < -0.4 is 5.32 Å². The van der Waals surface area contributed by atoms with Crippen LogP contribution in [0, 0.1) is 12.8 Å². The van der Waals surface area contributed by atoms with Gasteiger partial charge in [0.15, 0.2) is 6.61 Å². The second kappa shape index (κ2) is 8.35. The van der Waals surface area contributed by atoms with E-state index in [-0.39, 0.29) is 12.5 Å². The van der Waals surface area contributed by atoms with Crippen LogP contribution in [0.3, 0.4) is 0 Å². The zero-order chi connectivity index (χ0) is 19.4. The third-order valence-electron chi connectivity index (χ3n) is 4.03. The first-order valence-electron chi connectivity index (χ1n) is 8.88. The standard InChI is InChI=1S/C20H23N3O3S/c1-13(2)10-21-18(24)12-26-20(25)17-9-16-14(3)22-23(19(16)27-17)11-15-7-5-4-6-8-15/h4-9,13H,10-12H2,1-3H3,(H,21,24). The summed E-state index contributed by atoms with van der Waals surface area (Å²) < 4.78 is 7.05. The van der Waals surface area contributed by atoms with Crippen LogP contribution in [0.15, 0.2) is 36.4 Å². The van der Waals surface area contributed by atoms with Crippen molar-refractivity contribution in [3.8, 4) is 0 Å². The summed E-state index contributed by atoms with van der Waals surface area (Å²) >= 11 is 1.34. The zero-order valence-corrected chi connectivity index (χ0v) is 16.5. The van der Waals surface area contributed by atoms with Gasteiger partial charge < -0.3 is 10.1 Å². The number of carbonyl (C=O) groups is 2. The number of carbonyl (C=O) groups excluding carboxylic acids is 2. The van der Waals surface area contributed by atoms with Gasteiger partial charge in [0.1, 0.15) is 9.71 Å². The first-order chi connectivity index (χ1) is 12.9. The minimum atomic E-state index is -0.485. The highest BCUT2D eigenvalue weighted by Crippen LogP contribution is 2.29. The monoisotopic (exact) mass is 385 g/mol. The predicted octanol–water partition coefficient (Wildman–Crippen LogP) is 3.38. The van der Waals surface area contributed by atoms with Crippen molar-refractivity contribution in [2.24, 2.45) is 5.92 Å². The number of fused-ring (bicyclic) bond motifs is 1. The molecule has 3 aromatic rings. The molecular weight excluding hydrogens is 362 g/mol.